The highest BCUT2D eigenvalue weighted by Gasteiger charge is 1.88. The molecule has 0 fully saturated rings. The molecule has 0 spiro atoms. The van der Waals surface area contributed by atoms with E-state index in [-0.39, 0.29) is 0 Å². The quantitative estimate of drug-likeness (QED) is 0.563. The van der Waals surface area contributed by atoms with Crippen molar-refractivity contribution < 1.29 is 4.74 Å². The molecule has 10 heavy (non-hydrogen) atoms. The zero-order chi connectivity index (χ0) is 7.40. The Bertz CT molecular complexity index is 213. The lowest BCUT2D eigenvalue weighted by atomic mass is 10.3. The lowest BCUT2D eigenvalue weighted by molar-refractivity contribution is 0.446. The number of rotatable bonds is 2. The predicted octanol–water partition coefficient (Wildman–Crippen LogP) is 2.41. The Hall–Kier alpha value is -1.24. The Balaban J connectivity index is 2.67. The SMILES string of the molecule is [CH2]C(=C)Oc1ccccc1. The summed E-state index contributed by atoms with van der Waals surface area (Å²) in [6, 6.07) is 9.45. The summed E-state index contributed by atoms with van der Waals surface area (Å²) >= 11 is 0. The maximum absolute atomic E-state index is 5.11. The molecule has 0 amide bonds. The van der Waals surface area contributed by atoms with Gasteiger partial charge in [0.2, 0.25) is 0 Å². The van der Waals surface area contributed by atoms with E-state index in [1.165, 1.54) is 0 Å². The lowest BCUT2D eigenvalue weighted by Gasteiger charge is -2.01. The first-order valence-electron chi connectivity index (χ1n) is 3.03. The second-order valence-corrected chi connectivity index (χ2v) is 1.95. The first-order valence-corrected chi connectivity index (χ1v) is 3.03. The van der Waals surface area contributed by atoms with E-state index in [9.17, 15) is 0 Å². The maximum Gasteiger partial charge on any atom is 0.126 e. The normalized spacial score (nSPS) is 8.90. The van der Waals surface area contributed by atoms with Crippen molar-refractivity contribution in [2.24, 2.45) is 0 Å². The fraction of sp³-hybridized carbons (Fsp3) is 0. The molecule has 0 saturated heterocycles. The topological polar surface area (TPSA) is 9.23 Å². The molecule has 0 N–H and O–H groups in total. The number of ether oxygens (including phenoxy) is 1. The highest BCUT2D eigenvalue weighted by Crippen LogP contribution is 2.10. The minimum atomic E-state index is 0.464. The van der Waals surface area contributed by atoms with E-state index in [2.05, 4.69) is 13.5 Å². The van der Waals surface area contributed by atoms with Crippen LogP contribution in [0.1, 0.15) is 0 Å². The van der Waals surface area contributed by atoms with Gasteiger partial charge < -0.3 is 4.74 Å². The van der Waals surface area contributed by atoms with Gasteiger partial charge in [0, 0.05) is 6.92 Å². The number of allylic oxidation sites excluding steroid dienone is 1. The van der Waals surface area contributed by atoms with E-state index in [0.29, 0.717) is 5.76 Å². The summed E-state index contributed by atoms with van der Waals surface area (Å²) in [6.45, 7) is 7.03. The summed E-state index contributed by atoms with van der Waals surface area (Å²) < 4.78 is 5.11. The third-order valence-electron chi connectivity index (χ3n) is 1.01. The molecule has 0 aromatic heterocycles. The van der Waals surface area contributed by atoms with Crippen LogP contribution in [-0.4, -0.2) is 0 Å². The van der Waals surface area contributed by atoms with E-state index < -0.39 is 0 Å². The second-order valence-electron chi connectivity index (χ2n) is 1.95. The fourth-order valence-electron chi connectivity index (χ4n) is 0.655. The Labute approximate surface area is 61.0 Å². The third-order valence-corrected chi connectivity index (χ3v) is 1.01. The van der Waals surface area contributed by atoms with Crippen molar-refractivity contribution in [3.05, 3.63) is 49.6 Å². The Morgan fingerprint density at radius 2 is 1.80 bits per heavy atom. The molecule has 0 unspecified atom stereocenters. The summed E-state index contributed by atoms with van der Waals surface area (Å²) in [4.78, 5) is 0. The first-order chi connectivity index (χ1) is 4.79. The molecule has 0 aliphatic rings. The van der Waals surface area contributed by atoms with E-state index in [0.717, 1.165) is 5.75 Å². The van der Waals surface area contributed by atoms with Crippen LogP contribution >= 0.6 is 0 Å². The average molecular weight is 133 g/mol. The molecule has 0 aliphatic heterocycles. The van der Waals surface area contributed by atoms with Crippen molar-refractivity contribution in [2.45, 2.75) is 0 Å². The van der Waals surface area contributed by atoms with E-state index in [1.807, 2.05) is 30.3 Å². The minimum Gasteiger partial charge on any atom is -0.462 e. The summed E-state index contributed by atoms with van der Waals surface area (Å²) in [5, 5.41) is 0. The van der Waals surface area contributed by atoms with Crippen LogP contribution in [-0.2, 0) is 0 Å². The van der Waals surface area contributed by atoms with Gasteiger partial charge in [-0.2, -0.15) is 0 Å². The molecule has 1 heteroatoms. The van der Waals surface area contributed by atoms with Crippen LogP contribution in [0, 0.1) is 6.92 Å². The molecule has 0 bridgehead atoms. The molecule has 0 atom stereocenters. The Kier molecular flexibility index (Phi) is 2.11. The van der Waals surface area contributed by atoms with Gasteiger partial charge >= 0.3 is 0 Å². The molecule has 1 radical (unpaired) electrons. The van der Waals surface area contributed by atoms with Crippen molar-refractivity contribution in [1.29, 1.82) is 0 Å². The zero-order valence-electron chi connectivity index (χ0n) is 5.71. The molecule has 1 aromatic carbocycles. The van der Waals surface area contributed by atoms with Gasteiger partial charge in [-0.3, -0.25) is 0 Å². The molecule has 0 saturated carbocycles. The van der Waals surface area contributed by atoms with Gasteiger partial charge in [0.05, 0.1) is 5.76 Å². The van der Waals surface area contributed by atoms with Crippen molar-refractivity contribution in [1.82, 2.24) is 0 Å². The lowest BCUT2D eigenvalue weighted by Crippen LogP contribution is -1.86. The van der Waals surface area contributed by atoms with Crippen LogP contribution in [0.2, 0.25) is 0 Å². The Morgan fingerprint density at radius 3 is 2.30 bits per heavy atom. The highest BCUT2D eigenvalue weighted by atomic mass is 16.5. The smallest absolute Gasteiger partial charge is 0.126 e. The summed E-state index contributed by atoms with van der Waals surface area (Å²) in [7, 11) is 0. The van der Waals surface area contributed by atoms with Gasteiger partial charge in [-0.15, -0.1) is 0 Å². The van der Waals surface area contributed by atoms with Crippen molar-refractivity contribution >= 4 is 0 Å². The highest BCUT2D eigenvalue weighted by molar-refractivity contribution is 5.23. The van der Waals surface area contributed by atoms with Crippen LogP contribution in [0.4, 0.5) is 0 Å². The van der Waals surface area contributed by atoms with E-state index >= 15 is 0 Å². The molecular weight excluding hydrogens is 124 g/mol. The number of hydrogen-bond acceptors (Lipinski definition) is 1. The molecule has 1 aromatic rings. The van der Waals surface area contributed by atoms with Crippen LogP contribution in [0.3, 0.4) is 0 Å². The standard InChI is InChI=1S/C9H9O/c1-8(2)10-9-6-4-3-5-7-9/h3-7H,1-2H2. The van der Waals surface area contributed by atoms with Gasteiger partial charge in [-0.1, -0.05) is 24.8 Å². The summed E-state index contributed by atoms with van der Waals surface area (Å²) in [6.07, 6.45) is 0. The summed E-state index contributed by atoms with van der Waals surface area (Å²) in [5.74, 6) is 1.24. The fourth-order valence-corrected chi connectivity index (χ4v) is 0.655. The van der Waals surface area contributed by atoms with Gasteiger partial charge in [-0.25, -0.2) is 0 Å². The monoisotopic (exact) mass is 133 g/mol. The first kappa shape index (κ1) is 6.87. The van der Waals surface area contributed by atoms with Crippen molar-refractivity contribution in [3.63, 3.8) is 0 Å². The molecule has 51 valence electrons. The zero-order valence-corrected chi connectivity index (χ0v) is 5.71. The van der Waals surface area contributed by atoms with Gasteiger partial charge in [0.1, 0.15) is 5.75 Å². The predicted molar refractivity (Wildman–Crippen MR) is 41.6 cm³/mol. The van der Waals surface area contributed by atoms with E-state index in [4.69, 9.17) is 4.74 Å². The van der Waals surface area contributed by atoms with Gasteiger partial charge in [0.15, 0.2) is 0 Å². The molecular formula is C9H9O. The molecule has 1 rings (SSSR count). The minimum absolute atomic E-state index is 0.464. The Morgan fingerprint density at radius 1 is 1.20 bits per heavy atom. The van der Waals surface area contributed by atoms with E-state index in [1.54, 1.807) is 0 Å². The second kappa shape index (κ2) is 3.06. The van der Waals surface area contributed by atoms with Crippen LogP contribution in [0.15, 0.2) is 42.7 Å². The van der Waals surface area contributed by atoms with Gasteiger partial charge in [-0.05, 0) is 12.1 Å². The van der Waals surface area contributed by atoms with Gasteiger partial charge in [0.25, 0.3) is 0 Å². The molecule has 0 heterocycles. The molecule has 1 nitrogen and oxygen atoms in total. The number of benzene rings is 1. The number of hydrogen-bond donors (Lipinski definition) is 0. The maximum atomic E-state index is 5.11. The third kappa shape index (κ3) is 1.94. The van der Waals surface area contributed by atoms with Crippen LogP contribution in [0.5, 0.6) is 5.75 Å². The summed E-state index contributed by atoms with van der Waals surface area (Å²) in [5.41, 5.74) is 0. The largest absolute Gasteiger partial charge is 0.462 e. The molecule has 0 aliphatic carbocycles. The van der Waals surface area contributed by atoms with Crippen LogP contribution in [0.25, 0.3) is 0 Å². The van der Waals surface area contributed by atoms with Crippen molar-refractivity contribution in [3.8, 4) is 5.75 Å². The van der Waals surface area contributed by atoms with Crippen LogP contribution < -0.4 is 4.74 Å². The average Bonchev–Trinajstić information content (AvgIpc) is 1.88. The van der Waals surface area contributed by atoms with Crippen molar-refractivity contribution in [2.75, 3.05) is 0 Å². The number of para-hydroxylation sites is 1.